The van der Waals surface area contributed by atoms with E-state index < -0.39 is 15.9 Å². The largest absolute Gasteiger partial charge is 0.355 e. The highest BCUT2D eigenvalue weighted by Crippen LogP contribution is 2.22. The summed E-state index contributed by atoms with van der Waals surface area (Å²) in [5, 5.41) is 5.25. The summed E-state index contributed by atoms with van der Waals surface area (Å²) >= 11 is 0. The molecule has 160 valence electrons. The fourth-order valence-corrected chi connectivity index (χ4v) is 4.40. The van der Waals surface area contributed by atoms with Crippen LogP contribution in [-0.2, 0) is 10.0 Å². The van der Waals surface area contributed by atoms with Crippen LogP contribution in [-0.4, -0.2) is 27.3 Å². The Hall–Kier alpha value is -3.65. The van der Waals surface area contributed by atoms with Gasteiger partial charge in [0.1, 0.15) is 0 Å². The van der Waals surface area contributed by atoms with Crippen molar-refractivity contribution in [2.45, 2.75) is 18.7 Å². The fraction of sp³-hybridized carbons (Fsp3) is 0.130. The van der Waals surface area contributed by atoms with Crippen LogP contribution in [0.4, 0.5) is 11.4 Å². The SMILES string of the molecule is CNC(=O)c1cccc(NC(=O)c2cccc(NS(=O)(=O)c3cc(C)ccc3C)c2)c1. The molecular weight excluding hydrogens is 414 g/mol. The Bertz CT molecular complexity index is 1250. The Morgan fingerprint density at radius 1 is 0.774 bits per heavy atom. The van der Waals surface area contributed by atoms with E-state index in [1.165, 1.54) is 13.1 Å². The van der Waals surface area contributed by atoms with Crippen LogP contribution in [0.1, 0.15) is 31.8 Å². The summed E-state index contributed by atoms with van der Waals surface area (Å²) in [6.45, 7) is 3.55. The first-order valence-electron chi connectivity index (χ1n) is 9.53. The van der Waals surface area contributed by atoms with E-state index in [2.05, 4.69) is 15.4 Å². The van der Waals surface area contributed by atoms with Gasteiger partial charge in [-0.05, 0) is 67.4 Å². The molecule has 0 aliphatic heterocycles. The Balaban J connectivity index is 1.81. The molecule has 3 aromatic carbocycles. The summed E-state index contributed by atoms with van der Waals surface area (Å²) in [5.41, 5.74) is 2.86. The summed E-state index contributed by atoms with van der Waals surface area (Å²) in [4.78, 5) is 24.6. The maximum atomic E-state index is 12.8. The van der Waals surface area contributed by atoms with Crippen LogP contribution in [0.15, 0.2) is 71.6 Å². The number of rotatable bonds is 6. The number of nitrogens with one attached hydrogen (secondary N) is 3. The van der Waals surface area contributed by atoms with E-state index in [1.54, 1.807) is 61.5 Å². The van der Waals surface area contributed by atoms with Gasteiger partial charge >= 0.3 is 0 Å². The molecule has 0 aromatic heterocycles. The van der Waals surface area contributed by atoms with E-state index in [1.807, 2.05) is 13.0 Å². The topological polar surface area (TPSA) is 104 Å². The summed E-state index contributed by atoms with van der Waals surface area (Å²) in [6.07, 6.45) is 0. The monoisotopic (exact) mass is 437 g/mol. The number of anilines is 2. The normalized spacial score (nSPS) is 10.9. The summed E-state index contributed by atoms with van der Waals surface area (Å²) in [7, 11) is -2.29. The van der Waals surface area contributed by atoms with Gasteiger partial charge in [0.05, 0.1) is 4.90 Å². The lowest BCUT2D eigenvalue weighted by Crippen LogP contribution is -2.18. The second-order valence-corrected chi connectivity index (χ2v) is 8.72. The smallest absolute Gasteiger partial charge is 0.262 e. The third-order valence-corrected chi connectivity index (χ3v) is 6.14. The third-order valence-electron chi connectivity index (χ3n) is 4.62. The van der Waals surface area contributed by atoms with Crippen molar-refractivity contribution in [2.24, 2.45) is 0 Å². The number of carbonyl (C=O) groups is 2. The molecule has 0 aliphatic carbocycles. The van der Waals surface area contributed by atoms with Gasteiger partial charge in [0.25, 0.3) is 21.8 Å². The van der Waals surface area contributed by atoms with Crippen molar-refractivity contribution in [1.29, 1.82) is 0 Å². The van der Waals surface area contributed by atoms with Gasteiger partial charge in [-0.3, -0.25) is 14.3 Å². The lowest BCUT2D eigenvalue weighted by molar-refractivity contribution is 0.0961. The molecule has 0 saturated heterocycles. The van der Waals surface area contributed by atoms with Crippen LogP contribution >= 0.6 is 0 Å². The quantitative estimate of drug-likeness (QED) is 0.547. The first kappa shape index (κ1) is 22.0. The predicted molar refractivity (Wildman–Crippen MR) is 121 cm³/mol. The zero-order valence-electron chi connectivity index (χ0n) is 17.4. The molecule has 0 atom stereocenters. The zero-order valence-corrected chi connectivity index (χ0v) is 18.2. The number of aryl methyl sites for hydroxylation is 2. The minimum atomic E-state index is -3.81. The van der Waals surface area contributed by atoms with Gasteiger partial charge in [-0.1, -0.05) is 24.3 Å². The summed E-state index contributed by atoms with van der Waals surface area (Å²) in [5.74, 6) is -0.694. The maximum absolute atomic E-state index is 12.8. The molecule has 0 heterocycles. The number of amides is 2. The van der Waals surface area contributed by atoms with Gasteiger partial charge in [-0.2, -0.15) is 0 Å². The van der Waals surface area contributed by atoms with Crippen LogP contribution in [0.2, 0.25) is 0 Å². The maximum Gasteiger partial charge on any atom is 0.262 e. The molecule has 0 unspecified atom stereocenters. The molecule has 31 heavy (non-hydrogen) atoms. The van der Waals surface area contributed by atoms with Gasteiger partial charge in [-0.25, -0.2) is 8.42 Å². The first-order chi connectivity index (χ1) is 14.7. The molecule has 3 N–H and O–H groups in total. The molecule has 0 saturated carbocycles. The van der Waals surface area contributed by atoms with E-state index >= 15 is 0 Å². The number of benzene rings is 3. The van der Waals surface area contributed by atoms with Gasteiger partial charge in [0.2, 0.25) is 0 Å². The molecule has 7 nitrogen and oxygen atoms in total. The van der Waals surface area contributed by atoms with Crippen molar-refractivity contribution >= 4 is 33.2 Å². The van der Waals surface area contributed by atoms with Crippen LogP contribution in [0.3, 0.4) is 0 Å². The van der Waals surface area contributed by atoms with E-state index in [4.69, 9.17) is 0 Å². The van der Waals surface area contributed by atoms with E-state index in [-0.39, 0.29) is 22.1 Å². The first-order valence-corrected chi connectivity index (χ1v) is 11.0. The lowest BCUT2D eigenvalue weighted by Gasteiger charge is -2.12. The highest BCUT2D eigenvalue weighted by molar-refractivity contribution is 7.92. The van der Waals surface area contributed by atoms with Gasteiger partial charge in [0.15, 0.2) is 0 Å². The molecule has 0 fully saturated rings. The number of sulfonamides is 1. The molecule has 8 heteroatoms. The van der Waals surface area contributed by atoms with Crippen LogP contribution in [0.5, 0.6) is 0 Å². The Morgan fingerprint density at radius 3 is 2.06 bits per heavy atom. The highest BCUT2D eigenvalue weighted by Gasteiger charge is 2.18. The number of hydrogen-bond acceptors (Lipinski definition) is 4. The second-order valence-electron chi connectivity index (χ2n) is 7.07. The molecular formula is C23H23N3O4S. The Morgan fingerprint density at radius 2 is 1.39 bits per heavy atom. The van der Waals surface area contributed by atoms with Crippen molar-refractivity contribution in [2.75, 3.05) is 17.1 Å². The van der Waals surface area contributed by atoms with Crippen molar-refractivity contribution in [3.8, 4) is 0 Å². The van der Waals surface area contributed by atoms with Gasteiger partial charge < -0.3 is 10.6 Å². The van der Waals surface area contributed by atoms with E-state index in [9.17, 15) is 18.0 Å². The zero-order chi connectivity index (χ0) is 22.6. The van der Waals surface area contributed by atoms with Gasteiger partial charge in [0, 0.05) is 29.5 Å². The second kappa shape index (κ2) is 9.01. The standard InChI is InChI=1S/C23H23N3O4S/c1-15-10-11-16(2)21(12-15)31(29,30)26-20-9-5-7-18(14-20)23(28)25-19-8-4-6-17(13-19)22(27)24-3/h4-14,26H,1-3H3,(H,24,27)(H,25,28). The Kier molecular flexibility index (Phi) is 6.41. The van der Waals surface area contributed by atoms with Crippen LogP contribution in [0, 0.1) is 13.8 Å². The summed E-state index contributed by atoms with van der Waals surface area (Å²) in [6, 6.07) is 17.9. The van der Waals surface area contributed by atoms with Gasteiger partial charge in [-0.15, -0.1) is 0 Å². The average Bonchev–Trinajstić information content (AvgIpc) is 2.74. The minimum Gasteiger partial charge on any atom is -0.355 e. The van der Waals surface area contributed by atoms with Crippen molar-refractivity contribution < 1.29 is 18.0 Å². The highest BCUT2D eigenvalue weighted by atomic mass is 32.2. The van der Waals surface area contributed by atoms with Crippen LogP contribution < -0.4 is 15.4 Å². The van der Waals surface area contributed by atoms with Crippen molar-refractivity contribution in [3.63, 3.8) is 0 Å². The molecule has 0 aliphatic rings. The molecule has 0 spiro atoms. The van der Waals surface area contributed by atoms with Crippen molar-refractivity contribution in [1.82, 2.24) is 5.32 Å². The number of hydrogen-bond donors (Lipinski definition) is 3. The predicted octanol–water partition coefficient (Wildman–Crippen LogP) is 3.72. The van der Waals surface area contributed by atoms with E-state index in [0.29, 0.717) is 16.8 Å². The lowest BCUT2D eigenvalue weighted by atomic mass is 10.1. The molecule has 3 rings (SSSR count). The van der Waals surface area contributed by atoms with Crippen LogP contribution in [0.25, 0.3) is 0 Å². The molecule has 3 aromatic rings. The molecule has 2 amide bonds. The fourth-order valence-electron chi connectivity index (χ4n) is 3.02. The van der Waals surface area contributed by atoms with Crippen molar-refractivity contribution in [3.05, 3.63) is 89.0 Å². The summed E-state index contributed by atoms with van der Waals surface area (Å²) < 4.78 is 28.2. The molecule has 0 bridgehead atoms. The Labute approximate surface area is 181 Å². The minimum absolute atomic E-state index is 0.188. The van der Waals surface area contributed by atoms with E-state index in [0.717, 1.165) is 5.56 Å². The average molecular weight is 438 g/mol. The third kappa shape index (κ3) is 5.29. The molecule has 0 radical (unpaired) electrons. The number of carbonyl (C=O) groups excluding carboxylic acids is 2.